The summed E-state index contributed by atoms with van der Waals surface area (Å²) in [4.78, 5) is 15.5. The Morgan fingerprint density at radius 1 is 1.30 bits per heavy atom. The second-order valence-corrected chi connectivity index (χ2v) is 8.12. The first-order valence-electron chi connectivity index (χ1n) is 10.1. The number of halogens is 5. The smallest absolute Gasteiger partial charge is 0.422 e. The molecule has 0 fully saturated rings. The van der Waals surface area contributed by atoms with Crippen LogP contribution in [0.15, 0.2) is 41.5 Å². The minimum atomic E-state index is -5.06. The largest absolute Gasteiger partial charge is 0.493 e. The van der Waals surface area contributed by atoms with E-state index in [1.54, 1.807) is 19.1 Å². The van der Waals surface area contributed by atoms with Crippen LogP contribution in [0.25, 0.3) is 6.08 Å². The van der Waals surface area contributed by atoms with E-state index >= 15 is 0 Å². The number of methoxy groups -OCH3 is 1. The molecule has 176 valence electrons. The zero-order chi connectivity index (χ0) is 24.4. The van der Waals surface area contributed by atoms with Gasteiger partial charge in [0, 0.05) is 38.6 Å². The van der Waals surface area contributed by atoms with Gasteiger partial charge < -0.3 is 9.84 Å². The second-order valence-electron chi connectivity index (χ2n) is 7.71. The lowest BCUT2D eigenvalue weighted by molar-refractivity contribution is -0.496. The van der Waals surface area contributed by atoms with Crippen LogP contribution in [0, 0.1) is 10.7 Å². The molecule has 10 heteroatoms. The number of nitrogens with zero attached hydrogens (tertiary/aromatic N) is 2. The Morgan fingerprint density at radius 3 is 2.67 bits per heavy atom. The molecule has 1 N–H and O–H groups in total. The highest BCUT2D eigenvalue weighted by atomic mass is 35.5. The number of hydrogen-bond donors (Lipinski definition) is 1. The van der Waals surface area contributed by atoms with Gasteiger partial charge in [0.05, 0.1) is 17.8 Å². The molecule has 33 heavy (non-hydrogen) atoms. The standard InChI is InChI=1S/C23H22ClF4N2O3/c1-3-14(17-7-8-18(24)20(25)21(17)33-2)11-22(31,23(26,27)28)13-29-19-6-4-5-15-12-30(32)10-9-16(15)19/h4-10,13-14,31H,3,11-12H2,1-2H3/q+1. The summed E-state index contributed by atoms with van der Waals surface area (Å²) >= 11 is 5.77. The van der Waals surface area contributed by atoms with Crippen LogP contribution in [0.1, 0.15) is 42.4 Å². The molecule has 1 aliphatic rings. The van der Waals surface area contributed by atoms with Crippen LogP contribution in [0.3, 0.4) is 0 Å². The maximum Gasteiger partial charge on any atom is 0.422 e. The zero-order valence-electron chi connectivity index (χ0n) is 17.9. The van der Waals surface area contributed by atoms with Gasteiger partial charge >= 0.3 is 6.18 Å². The van der Waals surface area contributed by atoms with E-state index in [1.165, 1.54) is 37.6 Å². The molecule has 0 saturated carbocycles. The van der Waals surface area contributed by atoms with Gasteiger partial charge in [0.25, 0.3) is 0 Å². The Kier molecular flexibility index (Phi) is 7.23. The molecule has 2 unspecified atom stereocenters. The molecular formula is C23H22ClF4N2O3+. The maximum absolute atomic E-state index is 14.4. The number of aliphatic hydroxyl groups is 1. The molecule has 0 spiro atoms. The quantitative estimate of drug-likeness (QED) is 0.283. The topological polar surface area (TPSA) is 61.9 Å². The normalized spacial score (nSPS) is 16.5. The lowest BCUT2D eigenvalue weighted by Crippen LogP contribution is -2.47. The molecule has 0 radical (unpaired) electrons. The minimum absolute atomic E-state index is 0.0402. The van der Waals surface area contributed by atoms with Crippen molar-refractivity contribution in [1.29, 1.82) is 0 Å². The number of hydrogen-bond acceptors (Lipinski definition) is 4. The first-order chi connectivity index (χ1) is 15.5. The van der Waals surface area contributed by atoms with Crippen LogP contribution in [0.4, 0.5) is 23.2 Å². The van der Waals surface area contributed by atoms with E-state index in [4.69, 9.17) is 16.3 Å². The van der Waals surface area contributed by atoms with Gasteiger partial charge in [0.1, 0.15) is 0 Å². The van der Waals surface area contributed by atoms with Gasteiger partial charge in [-0.25, -0.2) is 4.39 Å². The molecule has 5 nitrogen and oxygen atoms in total. The van der Waals surface area contributed by atoms with Crippen molar-refractivity contribution in [2.75, 3.05) is 7.11 Å². The fourth-order valence-electron chi connectivity index (χ4n) is 3.76. The lowest BCUT2D eigenvalue weighted by atomic mass is 9.83. The number of ether oxygens (including phenoxy) is 1. The van der Waals surface area contributed by atoms with Gasteiger partial charge in [-0.2, -0.15) is 13.2 Å². The van der Waals surface area contributed by atoms with Gasteiger partial charge in [-0.15, -0.1) is 0 Å². The van der Waals surface area contributed by atoms with E-state index in [-0.39, 0.29) is 35.0 Å². The molecule has 2 aromatic carbocycles. The minimum Gasteiger partial charge on any atom is -0.493 e. The number of alkyl halides is 3. The highest BCUT2D eigenvalue weighted by Gasteiger charge is 2.54. The molecule has 2 atom stereocenters. The summed E-state index contributed by atoms with van der Waals surface area (Å²) in [7, 11) is 1.19. The Balaban J connectivity index is 2.00. The van der Waals surface area contributed by atoms with Crippen LogP contribution >= 0.6 is 11.6 Å². The van der Waals surface area contributed by atoms with E-state index in [2.05, 4.69) is 4.99 Å². The van der Waals surface area contributed by atoms with Crippen molar-refractivity contribution >= 4 is 29.6 Å². The fourth-order valence-corrected chi connectivity index (χ4v) is 3.91. The summed E-state index contributed by atoms with van der Waals surface area (Å²) in [6.07, 6.45) is -2.53. The van der Waals surface area contributed by atoms with Gasteiger partial charge in [-0.1, -0.05) is 36.7 Å². The number of rotatable bonds is 7. The highest BCUT2D eigenvalue weighted by molar-refractivity contribution is 6.30. The van der Waals surface area contributed by atoms with Crippen molar-refractivity contribution in [1.82, 2.24) is 0 Å². The summed E-state index contributed by atoms with van der Waals surface area (Å²) in [6.45, 7) is 1.66. The van der Waals surface area contributed by atoms with Crippen LogP contribution in [0.5, 0.6) is 5.75 Å². The summed E-state index contributed by atoms with van der Waals surface area (Å²) in [5.74, 6) is -2.06. The van der Waals surface area contributed by atoms with Gasteiger partial charge in [-0.05, 0) is 30.9 Å². The molecule has 2 aromatic rings. The second kappa shape index (κ2) is 9.61. The molecule has 0 saturated heterocycles. The van der Waals surface area contributed by atoms with Gasteiger partial charge in [-0.3, -0.25) is 4.99 Å². The third-order valence-electron chi connectivity index (χ3n) is 5.59. The van der Waals surface area contributed by atoms with E-state index in [9.17, 15) is 27.6 Å². The van der Waals surface area contributed by atoms with Crippen LogP contribution in [-0.4, -0.2) is 35.0 Å². The molecule has 0 aromatic heterocycles. The summed E-state index contributed by atoms with van der Waals surface area (Å²) in [5, 5.41) is 10.5. The highest BCUT2D eigenvalue weighted by Crippen LogP contribution is 2.43. The third-order valence-corrected chi connectivity index (χ3v) is 5.88. The van der Waals surface area contributed by atoms with E-state index < -0.39 is 29.9 Å². The third kappa shape index (κ3) is 5.09. The number of benzene rings is 2. The monoisotopic (exact) mass is 485 g/mol. The van der Waals surface area contributed by atoms with Crippen molar-refractivity contribution in [3.05, 3.63) is 69.0 Å². The van der Waals surface area contributed by atoms with Crippen LogP contribution in [-0.2, 0) is 6.54 Å². The molecule has 1 heterocycles. The first-order valence-corrected chi connectivity index (χ1v) is 10.5. The van der Waals surface area contributed by atoms with E-state index in [1.807, 2.05) is 0 Å². The predicted molar refractivity (Wildman–Crippen MR) is 118 cm³/mol. The first kappa shape index (κ1) is 24.9. The summed E-state index contributed by atoms with van der Waals surface area (Å²) in [5.41, 5.74) is -1.86. The SMILES string of the molecule is CCC(CC(O)(C=Nc1cccc2c1C=C[N+](=O)C2)C(F)(F)F)c1ccc(Cl)c(F)c1OC. The fraction of sp³-hybridized carbons (Fsp3) is 0.348. The van der Waals surface area contributed by atoms with Crippen molar-refractivity contribution in [2.24, 2.45) is 4.99 Å². The number of aliphatic imine (C=N–C) groups is 1. The molecule has 3 rings (SSSR count). The average Bonchev–Trinajstić information content (AvgIpc) is 2.76. The summed E-state index contributed by atoms with van der Waals surface area (Å²) < 4.78 is 62.1. The maximum atomic E-state index is 14.4. The Bertz CT molecular complexity index is 1120. The van der Waals surface area contributed by atoms with Gasteiger partial charge in [0.2, 0.25) is 12.7 Å². The predicted octanol–water partition coefficient (Wildman–Crippen LogP) is 6.33. The van der Waals surface area contributed by atoms with Crippen molar-refractivity contribution in [2.45, 2.75) is 44.0 Å². The summed E-state index contributed by atoms with van der Waals surface area (Å²) in [6, 6.07) is 7.36. The van der Waals surface area contributed by atoms with Crippen LogP contribution < -0.4 is 4.74 Å². The molecule has 0 bridgehead atoms. The van der Waals surface area contributed by atoms with Gasteiger partial charge in [0.15, 0.2) is 17.2 Å². The van der Waals surface area contributed by atoms with Crippen molar-refractivity contribution in [3.8, 4) is 5.75 Å². The Labute approximate surface area is 192 Å². The lowest BCUT2D eigenvalue weighted by Gasteiger charge is -2.31. The zero-order valence-corrected chi connectivity index (χ0v) is 18.6. The average molecular weight is 486 g/mol. The number of nitroso groups, excluding NO2 is 1. The van der Waals surface area contributed by atoms with Crippen LogP contribution in [0.2, 0.25) is 5.02 Å². The Hall–Kier alpha value is -2.78. The Morgan fingerprint density at radius 2 is 2.03 bits per heavy atom. The van der Waals surface area contributed by atoms with Crippen molar-refractivity contribution in [3.63, 3.8) is 0 Å². The van der Waals surface area contributed by atoms with E-state index in [0.29, 0.717) is 22.1 Å². The molecule has 1 aliphatic heterocycles. The number of fused-ring (bicyclic) bond motifs is 1. The van der Waals surface area contributed by atoms with Crippen molar-refractivity contribution < 1.29 is 32.2 Å². The molecule has 0 aliphatic carbocycles. The van der Waals surface area contributed by atoms with E-state index in [0.717, 1.165) is 0 Å². The molecule has 0 amide bonds. The molecular weight excluding hydrogens is 464 g/mol.